The zero-order valence-corrected chi connectivity index (χ0v) is 13.8. The van der Waals surface area contributed by atoms with E-state index >= 15 is 0 Å². The second-order valence-electron chi connectivity index (χ2n) is 6.28. The lowest BCUT2D eigenvalue weighted by Gasteiger charge is -2.15. The molecule has 0 saturated carbocycles. The third-order valence-corrected chi connectivity index (χ3v) is 4.22. The van der Waals surface area contributed by atoms with Crippen molar-refractivity contribution < 1.29 is 4.79 Å². The molecule has 0 radical (unpaired) electrons. The van der Waals surface area contributed by atoms with E-state index in [9.17, 15) is 4.79 Å². The van der Waals surface area contributed by atoms with Crippen molar-refractivity contribution in [3.63, 3.8) is 0 Å². The molecule has 0 bridgehead atoms. The molecule has 2 aromatic heterocycles. The number of rotatable bonds is 4. The van der Waals surface area contributed by atoms with Crippen LogP contribution in [0.3, 0.4) is 0 Å². The predicted octanol–water partition coefficient (Wildman–Crippen LogP) is 4.55. The summed E-state index contributed by atoms with van der Waals surface area (Å²) in [5.41, 5.74) is 4.13. The van der Waals surface area contributed by atoms with Crippen LogP contribution in [0.4, 0.5) is 0 Å². The van der Waals surface area contributed by atoms with E-state index in [2.05, 4.69) is 43.4 Å². The van der Waals surface area contributed by atoms with E-state index in [1.165, 1.54) is 5.56 Å². The number of aromatic nitrogens is 1. The van der Waals surface area contributed by atoms with Crippen molar-refractivity contribution in [1.82, 2.24) is 9.72 Å². The summed E-state index contributed by atoms with van der Waals surface area (Å²) in [6, 6.07) is 16.3. The molecule has 0 spiro atoms. The molecule has 0 aliphatic carbocycles. The van der Waals surface area contributed by atoms with Gasteiger partial charge in [-0.2, -0.15) is 0 Å². The van der Waals surface area contributed by atoms with Crippen LogP contribution in [-0.4, -0.2) is 10.3 Å². The van der Waals surface area contributed by atoms with Crippen molar-refractivity contribution in [3.05, 3.63) is 77.6 Å². The maximum Gasteiger partial charge on any atom is 0.253 e. The first kappa shape index (κ1) is 15.3. The first-order valence-electron chi connectivity index (χ1n) is 8.02. The van der Waals surface area contributed by atoms with Crippen LogP contribution in [-0.2, 0) is 0 Å². The molecular formula is C20H22N2O. The van der Waals surface area contributed by atoms with E-state index in [1.807, 2.05) is 48.0 Å². The Morgan fingerprint density at radius 2 is 1.70 bits per heavy atom. The van der Waals surface area contributed by atoms with E-state index in [0.717, 1.165) is 11.1 Å². The number of carbonyl (C=O) groups excluding carboxylic acids is 1. The van der Waals surface area contributed by atoms with Crippen molar-refractivity contribution in [2.75, 3.05) is 0 Å². The predicted molar refractivity (Wildman–Crippen MR) is 93.8 cm³/mol. The molecule has 0 aliphatic rings. The van der Waals surface area contributed by atoms with E-state index in [1.54, 1.807) is 0 Å². The van der Waals surface area contributed by atoms with Gasteiger partial charge in [-0.25, -0.2) is 0 Å². The average Bonchev–Trinajstić information content (AvgIpc) is 2.99. The normalized spacial score (nSPS) is 12.5. The summed E-state index contributed by atoms with van der Waals surface area (Å²) >= 11 is 0. The summed E-state index contributed by atoms with van der Waals surface area (Å²) < 4.78 is 1.96. The topological polar surface area (TPSA) is 33.5 Å². The lowest BCUT2D eigenvalue weighted by molar-refractivity contribution is 0.0940. The van der Waals surface area contributed by atoms with E-state index in [4.69, 9.17) is 0 Å². The number of hydrogen-bond acceptors (Lipinski definition) is 1. The molecule has 0 aliphatic heterocycles. The zero-order chi connectivity index (χ0) is 16.4. The van der Waals surface area contributed by atoms with E-state index < -0.39 is 0 Å². The Hall–Kier alpha value is -2.55. The van der Waals surface area contributed by atoms with Crippen molar-refractivity contribution in [2.45, 2.75) is 32.7 Å². The minimum Gasteiger partial charge on any atom is -0.345 e. The van der Waals surface area contributed by atoms with Gasteiger partial charge in [-0.05, 0) is 42.2 Å². The number of fused-ring (bicyclic) bond motifs is 1. The molecule has 1 aromatic carbocycles. The lowest BCUT2D eigenvalue weighted by Crippen LogP contribution is -2.26. The van der Waals surface area contributed by atoms with Crippen molar-refractivity contribution in [3.8, 4) is 0 Å². The number of carbonyl (C=O) groups is 1. The van der Waals surface area contributed by atoms with Gasteiger partial charge in [0.1, 0.15) is 0 Å². The van der Waals surface area contributed by atoms with Crippen LogP contribution in [0.25, 0.3) is 5.52 Å². The van der Waals surface area contributed by atoms with Gasteiger partial charge in [-0.3, -0.25) is 4.79 Å². The van der Waals surface area contributed by atoms with Gasteiger partial charge >= 0.3 is 0 Å². The van der Waals surface area contributed by atoms with Crippen LogP contribution >= 0.6 is 0 Å². The van der Waals surface area contributed by atoms with Crippen molar-refractivity contribution >= 4 is 11.4 Å². The number of amides is 1. The summed E-state index contributed by atoms with van der Waals surface area (Å²) in [6.45, 7) is 6.37. The molecule has 0 fully saturated rings. The Balaban J connectivity index is 1.73. The number of pyridine rings is 1. The summed E-state index contributed by atoms with van der Waals surface area (Å²) in [4.78, 5) is 12.4. The third kappa shape index (κ3) is 3.29. The van der Waals surface area contributed by atoms with Gasteiger partial charge in [-0.1, -0.05) is 44.2 Å². The maximum atomic E-state index is 12.4. The number of nitrogens with zero attached hydrogens (tertiary/aromatic N) is 1. The SMILES string of the molecule is CC(C)c1ccc(C(C)NC(=O)c2cc3ccccn3c2)cc1. The molecule has 1 atom stereocenters. The molecule has 3 rings (SSSR count). The molecule has 0 saturated heterocycles. The summed E-state index contributed by atoms with van der Waals surface area (Å²) in [5.74, 6) is 0.469. The monoisotopic (exact) mass is 306 g/mol. The molecular weight excluding hydrogens is 284 g/mol. The highest BCUT2D eigenvalue weighted by Gasteiger charge is 2.13. The Kier molecular flexibility index (Phi) is 4.20. The second kappa shape index (κ2) is 6.29. The minimum atomic E-state index is -0.0471. The molecule has 2 heterocycles. The fraction of sp³-hybridized carbons (Fsp3) is 0.250. The molecule has 1 unspecified atom stereocenters. The number of nitrogens with one attached hydrogen (secondary N) is 1. The highest BCUT2D eigenvalue weighted by Crippen LogP contribution is 2.19. The molecule has 118 valence electrons. The number of benzene rings is 1. The van der Waals surface area contributed by atoms with E-state index in [-0.39, 0.29) is 11.9 Å². The molecule has 3 nitrogen and oxygen atoms in total. The molecule has 3 aromatic rings. The molecule has 3 heteroatoms. The van der Waals surface area contributed by atoms with E-state index in [0.29, 0.717) is 11.5 Å². The van der Waals surface area contributed by atoms with Crippen LogP contribution in [0.5, 0.6) is 0 Å². The Bertz CT molecular complexity index is 782. The summed E-state index contributed by atoms with van der Waals surface area (Å²) in [6.07, 6.45) is 3.80. The summed E-state index contributed by atoms with van der Waals surface area (Å²) in [7, 11) is 0. The largest absolute Gasteiger partial charge is 0.345 e. The first-order valence-corrected chi connectivity index (χ1v) is 8.02. The van der Waals surface area contributed by atoms with Gasteiger partial charge in [0.25, 0.3) is 5.91 Å². The quantitative estimate of drug-likeness (QED) is 0.753. The van der Waals surface area contributed by atoms with Crippen molar-refractivity contribution in [1.29, 1.82) is 0 Å². The highest BCUT2D eigenvalue weighted by molar-refractivity contribution is 5.95. The Labute approximate surface area is 137 Å². The molecule has 1 N–H and O–H groups in total. The van der Waals surface area contributed by atoms with Crippen LogP contribution in [0.1, 0.15) is 54.2 Å². The van der Waals surface area contributed by atoms with Gasteiger partial charge in [0.2, 0.25) is 0 Å². The zero-order valence-electron chi connectivity index (χ0n) is 13.8. The van der Waals surface area contributed by atoms with Gasteiger partial charge < -0.3 is 9.72 Å². The van der Waals surface area contributed by atoms with Gasteiger partial charge in [0.15, 0.2) is 0 Å². The minimum absolute atomic E-state index is 0.0216. The van der Waals surface area contributed by atoms with Gasteiger partial charge in [0, 0.05) is 17.9 Å². The maximum absolute atomic E-state index is 12.4. The lowest BCUT2D eigenvalue weighted by atomic mass is 9.99. The van der Waals surface area contributed by atoms with Crippen LogP contribution in [0, 0.1) is 0 Å². The third-order valence-electron chi connectivity index (χ3n) is 4.22. The smallest absolute Gasteiger partial charge is 0.253 e. The van der Waals surface area contributed by atoms with Crippen LogP contribution in [0.15, 0.2) is 60.9 Å². The molecule has 1 amide bonds. The highest BCUT2D eigenvalue weighted by atomic mass is 16.1. The van der Waals surface area contributed by atoms with Crippen LogP contribution < -0.4 is 5.32 Å². The average molecular weight is 306 g/mol. The first-order chi connectivity index (χ1) is 11.0. The fourth-order valence-corrected chi connectivity index (χ4v) is 2.71. The van der Waals surface area contributed by atoms with Crippen molar-refractivity contribution in [2.24, 2.45) is 0 Å². The van der Waals surface area contributed by atoms with Gasteiger partial charge in [0.05, 0.1) is 11.6 Å². The van der Waals surface area contributed by atoms with Crippen LogP contribution in [0.2, 0.25) is 0 Å². The number of hydrogen-bond donors (Lipinski definition) is 1. The van der Waals surface area contributed by atoms with Gasteiger partial charge in [-0.15, -0.1) is 0 Å². The summed E-state index contributed by atoms with van der Waals surface area (Å²) in [5, 5.41) is 3.07. The fourth-order valence-electron chi connectivity index (χ4n) is 2.71. The standard InChI is InChI=1S/C20H22N2O/c1-14(2)16-7-9-17(10-8-16)15(3)21-20(23)18-12-19-6-4-5-11-22(19)13-18/h4-15H,1-3H3,(H,21,23). The Morgan fingerprint density at radius 3 is 2.35 bits per heavy atom. The second-order valence-corrected chi connectivity index (χ2v) is 6.28. The Morgan fingerprint density at radius 1 is 1.00 bits per heavy atom. The molecule has 23 heavy (non-hydrogen) atoms.